The lowest BCUT2D eigenvalue weighted by Crippen LogP contribution is -2.29. The maximum absolute atomic E-state index is 14.0. The Hall–Kier alpha value is -4.34. The molecule has 0 aliphatic carbocycles. The molecule has 0 fully saturated rings. The predicted octanol–water partition coefficient (Wildman–Crippen LogP) is 4.08. The summed E-state index contributed by atoms with van der Waals surface area (Å²) < 4.78 is 59.5. The molecule has 2 aromatic heterocycles. The second-order valence-electron chi connectivity index (χ2n) is 9.76. The number of hydrogen-bond acceptors (Lipinski definition) is 7. The first-order valence-corrected chi connectivity index (χ1v) is 13.9. The highest BCUT2D eigenvalue weighted by Crippen LogP contribution is 2.36. The topological polar surface area (TPSA) is 134 Å². The number of benzene rings is 2. The third-order valence-electron chi connectivity index (χ3n) is 5.56. The zero-order valence-electron chi connectivity index (χ0n) is 22.0. The van der Waals surface area contributed by atoms with Gasteiger partial charge in [0.25, 0.3) is 0 Å². The van der Waals surface area contributed by atoms with Gasteiger partial charge in [-0.25, -0.2) is 22.2 Å². The number of fused-ring (bicyclic) bond motifs is 1. The van der Waals surface area contributed by atoms with Crippen molar-refractivity contribution in [1.82, 2.24) is 15.5 Å². The standard InChI is InChI=1S/C28H26F2N4O5S/c1-16(35)31-24(14-17-12-18(29)15-19(30)13-17)25-21(9-8-20(32-25)10-11-28(2,3)36)22-6-5-7-23-26(22)39-33-27(23)34-40(4,37)38/h5-9,12-13,15,24,36H,14H2,1-4H3,(H,31,35)(H,33,34)/t24-/m0/s1. The minimum Gasteiger partial charge on any atom is -0.378 e. The van der Waals surface area contributed by atoms with Crippen molar-refractivity contribution in [2.45, 2.75) is 38.8 Å². The number of carbonyl (C=O) groups is 1. The Balaban J connectivity index is 1.93. The lowest BCUT2D eigenvalue weighted by Gasteiger charge is -2.21. The largest absolute Gasteiger partial charge is 0.378 e. The van der Waals surface area contributed by atoms with Gasteiger partial charge in [-0.15, -0.1) is 0 Å². The molecule has 4 rings (SSSR count). The molecule has 1 atom stereocenters. The molecule has 9 nitrogen and oxygen atoms in total. The number of rotatable bonds is 7. The van der Waals surface area contributed by atoms with Gasteiger partial charge in [-0.1, -0.05) is 23.2 Å². The third kappa shape index (κ3) is 7.19. The SMILES string of the molecule is CC(=O)N[C@@H](Cc1cc(F)cc(F)c1)c1nc(C#CC(C)(C)O)ccc1-c1cccc2c(NS(C)(=O)=O)noc12. The van der Waals surface area contributed by atoms with E-state index in [0.29, 0.717) is 22.2 Å². The number of hydrogen-bond donors (Lipinski definition) is 3. The van der Waals surface area contributed by atoms with Crippen LogP contribution in [0, 0.1) is 23.5 Å². The summed E-state index contributed by atoms with van der Waals surface area (Å²) in [6.07, 6.45) is 0.962. The molecule has 0 saturated carbocycles. The molecular formula is C28H26F2N4O5S. The summed E-state index contributed by atoms with van der Waals surface area (Å²) in [4.78, 5) is 16.9. The fraction of sp³-hybridized carbons (Fsp3) is 0.250. The Morgan fingerprint density at radius 2 is 1.82 bits per heavy atom. The lowest BCUT2D eigenvalue weighted by molar-refractivity contribution is -0.119. The average molecular weight is 569 g/mol. The van der Waals surface area contributed by atoms with Crippen LogP contribution in [-0.2, 0) is 21.2 Å². The van der Waals surface area contributed by atoms with Gasteiger partial charge in [0.2, 0.25) is 15.9 Å². The highest BCUT2D eigenvalue weighted by Gasteiger charge is 2.24. The molecule has 2 aromatic carbocycles. The van der Waals surface area contributed by atoms with E-state index in [-0.39, 0.29) is 29.1 Å². The highest BCUT2D eigenvalue weighted by molar-refractivity contribution is 7.92. The minimum atomic E-state index is -3.65. The second-order valence-corrected chi connectivity index (χ2v) is 11.5. The number of sulfonamides is 1. The van der Waals surface area contributed by atoms with Crippen LogP contribution in [0.15, 0.2) is 53.1 Å². The second kappa shape index (κ2) is 11.0. The number of carbonyl (C=O) groups excluding carboxylic acids is 1. The van der Waals surface area contributed by atoms with Crippen LogP contribution >= 0.6 is 0 Å². The van der Waals surface area contributed by atoms with Gasteiger partial charge in [0, 0.05) is 24.1 Å². The van der Waals surface area contributed by atoms with Gasteiger partial charge in [-0.3, -0.25) is 9.52 Å². The molecule has 1 amide bonds. The summed E-state index contributed by atoms with van der Waals surface area (Å²) in [5, 5.41) is 17.1. The molecule has 0 radical (unpaired) electrons. The monoisotopic (exact) mass is 568 g/mol. The van der Waals surface area contributed by atoms with Crippen LogP contribution in [-0.4, -0.2) is 41.4 Å². The molecule has 0 aliphatic heterocycles. The first kappa shape index (κ1) is 28.7. The molecule has 4 aromatic rings. The fourth-order valence-corrected chi connectivity index (χ4v) is 4.60. The molecule has 3 N–H and O–H groups in total. The predicted molar refractivity (Wildman–Crippen MR) is 146 cm³/mol. The van der Waals surface area contributed by atoms with E-state index in [2.05, 4.69) is 32.0 Å². The van der Waals surface area contributed by atoms with Gasteiger partial charge < -0.3 is 14.9 Å². The van der Waals surface area contributed by atoms with Gasteiger partial charge in [0.05, 0.1) is 23.4 Å². The van der Waals surface area contributed by atoms with Crippen LogP contribution in [0.5, 0.6) is 0 Å². The Labute approximate surface area is 229 Å². The van der Waals surface area contributed by atoms with Crippen molar-refractivity contribution in [3.05, 3.63) is 77.1 Å². The Kier molecular flexibility index (Phi) is 7.91. The van der Waals surface area contributed by atoms with E-state index in [1.165, 1.54) is 20.8 Å². The molecule has 2 heterocycles. The number of aromatic nitrogens is 2. The quantitative estimate of drug-likeness (QED) is 0.286. The van der Waals surface area contributed by atoms with Crippen molar-refractivity contribution in [3.63, 3.8) is 0 Å². The number of nitrogens with one attached hydrogen (secondary N) is 2. The number of anilines is 1. The summed E-state index contributed by atoms with van der Waals surface area (Å²) in [6, 6.07) is 10.5. The molecular weight excluding hydrogens is 542 g/mol. The van der Waals surface area contributed by atoms with Crippen molar-refractivity contribution in [1.29, 1.82) is 0 Å². The van der Waals surface area contributed by atoms with E-state index >= 15 is 0 Å². The molecule has 0 aliphatic rings. The van der Waals surface area contributed by atoms with Gasteiger partial charge in [0.15, 0.2) is 11.4 Å². The number of halogens is 2. The molecule has 12 heteroatoms. The molecule has 0 bridgehead atoms. The van der Waals surface area contributed by atoms with E-state index in [1.807, 2.05) is 0 Å². The summed E-state index contributed by atoms with van der Waals surface area (Å²) in [5.41, 5.74) is 0.717. The van der Waals surface area contributed by atoms with Gasteiger partial charge in [-0.05, 0) is 62.1 Å². The van der Waals surface area contributed by atoms with Crippen LogP contribution in [0.3, 0.4) is 0 Å². The van der Waals surface area contributed by atoms with Gasteiger partial charge in [-0.2, -0.15) is 0 Å². The molecule has 40 heavy (non-hydrogen) atoms. The van der Waals surface area contributed by atoms with Crippen LogP contribution in [0.25, 0.3) is 22.1 Å². The number of para-hydroxylation sites is 1. The van der Waals surface area contributed by atoms with E-state index in [1.54, 1.807) is 30.3 Å². The van der Waals surface area contributed by atoms with E-state index in [0.717, 1.165) is 24.5 Å². The van der Waals surface area contributed by atoms with Crippen molar-refractivity contribution < 1.29 is 31.6 Å². The lowest BCUT2D eigenvalue weighted by atomic mass is 9.94. The maximum Gasteiger partial charge on any atom is 0.231 e. The van der Waals surface area contributed by atoms with Crippen LogP contribution in [0.1, 0.15) is 43.8 Å². The highest BCUT2D eigenvalue weighted by atomic mass is 32.2. The maximum atomic E-state index is 14.0. The summed E-state index contributed by atoms with van der Waals surface area (Å²) >= 11 is 0. The number of nitrogens with zero attached hydrogens (tertiary/aromatic N) is 2. The average Bonchev–Trinajstić information content (AvgIpc) is 3.22. The first-order valence-electron chi connectivity index (χ1n) is 12.0. The minimum absolute atomic E-state index is 0.00447. The fourth-order valence-electron chi connectivity index (χ4n) is 4.10. The molecule has 0 saturated heterocycles. The molecule has 208 valence electrons. The summed E-state index contributed by atoms with van der Waals surface area (Å²) in [6.45, 7) is 4.33. The third-order valence-corrected chi connectivity index (χ3v) is 6.13. The summed E-state index contributed by atoms with van der Waals surface area (Å²) in [5.74, 6) is 3.53. The van der Waals surface area contributed by atoms with Crippen LogP contribution in [0.4, 0.5) is 14.6 Å². The number of aliphatic hydroxyl groups is 1. The van der Waals surface area contributed by atoms with Crippen molar-refractivity contribution in [2.75, 3.05) is 11.0 Å². The van der Waals surface area contributed by atoms with Crippen LogP contribution in [0.2, 0.25) is 0 Å². The Morgan fingerprint density at radius 1 is 1.12 bits per heavy atom. The van der Waals surface area contributed by atoms with E-state index < -0.39 is 39.2 Å². The number of amides is 1. The van der Waals surface area contributed by atoms with E-state index in [9.17, 15) is 27.1 Å². The zero-order valence-corrected chi connectivity index (χ0v) is 22.9. The molecule has 0 unspecified atom stereocenters. The Morgan fingerprint density at radius 3 is 2.45 bits per heavy atom. The zero-order chi connectivity index (χ0) is 29.2. The normalized spacial score (nSPS) is 12.5. The first-order chi connectivity index (χ1) is 18.7. The van der Waals surface area contributed by atoms with Gasteiger partial charge >= 0.3 is 0 Å². The van der Waals surface area contributed by atoms with Gasteiger partial charge in [0.1, 0.15) is 22.9 Å². The van der Waals surface area contributed by atoms with Crippen molar-refractivity contribution >= 4 is 32.7 Å². The molecule has 0 spiro atoms. The Bertz CT molecular complexity index is 1750. The number of pyridine rings is 1. The van der Waals surface area contributed by atoms with Crippen molar-refractivity contribution in [2.24, 2.45) is 0 Å². The smallest absolute Gasteiger partial charge is 0.231 e. The van der Waals surface area contributed by atoms with E-state index in [4.69, 9.17) is 4.52 Å². The summed E-state index contributed by atoms with van der Waals surface area (Å²) in [7, 11) is -3.65. The van der Waals surface area contributed by atoms with Crippen LogP contribution < -0.4 is 10.0 Å². The van der Waals surface area contributed by atoms with Crippen molar-refractivity contribution in [3.8, 4) is 23.0 Å².